The van der Waals surface area contributed by atoms with Crippen LogP contribution in [0.15, 0.2) is 60.7 Å². The lowest BCUT2D eigenvalue weighted by Gasteiger charge is -2.24. The number of halogens is 2. The van der Waals surface area contributed by atoms with Gasteiger partial charge in [0, 0.05) is 5.56 Å². The smallest absolute Gasteiger partial charge is 0.251 e. The first-order chi connectivity index (χ1) is 16.5. The van der Waals surface area contributed by atoms with E-state index in [-0.39, 0.29) is 28.5 Å². The van der Waals surface area contributed by atoms with Gasteiger partial charge in [0.2, 0.25) is 10.0 Å². The largest absolute Gasteiger partial charge is 0.496 e. The summed E-state index contributed by atoms with van der Waals surface area (Å²) in [6, 6.07) is 17.3. The maximum Gasteiger partial charge on any atom is 0.251 e. The molecule has 186 valence electrons. The van der Waals surface area contributed by atoms with Gasteiger partial charge in [0.05, 0.1) is 41.7 Å². The summed E-state index contributed by atoms with van der Waals surface area (Å²) in [5.41, 5.74) is 3.46. The molecule has 0 aliphatic carbocycles. The highest BCUT2D eigenvalue weighted by Gasteiger charge is 2.22. The molecular formula is C26H28Cl2N2O4S. The minimum atomic E-state index is -3.64. The second kappa shape index (κ2) is 11.3. The van der Waals surface area contributed by atoms with Gasteiger partial charge >= 0.3 is 0 Å². The van der Waals surface area contributed by atoms with E-state index in [1.807, 2.05) is 32.0 Å². The number of methoxy groups -OCH3 is 1. The fourth-order valence-corrected chi connectivity index (χ4v) is 5.12. The SMILES string of the molecule is CC[C@@H](NC(=O)c1ccc(CN(c2cccc(Cl)c2Cl)S(C)(=O)=O)cc1)c1ccc(OC)c(C)c1. The second-order valence-electron chi connectivity index (χ2n) is 8.20. The number of hydrogen-bond acceptors (Lipinski definition) is 4. The van der Waals surface area contributed by atoms with Crippen LogP contribution in [0, 0.1) is 6.92 Å². The van der Waals surface area contributed by atoms with Crippen LogP contribution in [0.2, 0.25) is 10.0 Å². The molecule has 9 heteroatoms. The van der Waals surface area contributed by atoms with Crippen LogP contribution in [-0.2, 0) is 16.6 Å². The Morgan fingerprint density at radius 2 is 1.77 bits per heavy atom. The number of nitrogens with one attached hydrogen (secondary N) is 1. The van der Waals surface area contributed by atoms with Crippen LogP contribution in [0.1, 0.15) is 46.4 Å². The Labute approximate surface area is 216 Å². The number of carbonyl (C=O) groups is 1. The number of rotatable bonds is 9. The van der Waals surface area contributed by atoms with E-state index in [0.29, 0.717) is 16.8 Å². The third-order valence-electron chi connectivity index (χ3n) is 5.68. The molecule has 0 aliphatic rings. The van der Waals surface area contributed by atoms with Gasteiger partial charge < -0.3 is 10.1 Å². The molecular weight excluding hydrogens is 507 g/mol. The molecule has 0 fully saturated rings. The lowest BCUT2D eigenvalue weighted by molar-refractivity contribution is 0.0935. The van der Waals surface area contributed by atoms with Gasteiger partial charge in [-0.15, -0.1) is 0 Å². The molecule has 1 amide bonds. The van der Waals surface area contributed by atoms with Gasteiger partial charge in [0.15, 0.2) is 0 Å². The number of amides is 1. The number of hydrogen-bond donors (Lipinski definition) is 1. The van der Waals surface area contributed by atoms with Crippen LogP contribution in [0.4, 0.5) is 5.69 Å². The zero-order chi connectivity index (χ0) is 25.8. The van der Waals surface area contributed by atoms with Crippen LogP contribution >= 0.6 is 23.2 Å². The number of nitrogens with zero attached hydrogens (tertiary/aromatic N) is 1. The van der Waals surface area contributed by atoms with Crippen molar-refractivity contribution in [3.05, 3.63) is 93.0 Å². The quantitative estimate of drug-likeness (QED) is 0.356. The fourth-order valence-electron chi connectivity index (χ4n) is 3.77. The zero-order valence-corrected chi connectivity index (χ0v) is 22.3. The minimum Gasteiger partial charge on any atom is -0.496 e. The Bertz CT molecular complexity index is 1310. The molecule has 0 heterocycles. The summed E-state index contributed by atoms with van der Waals surface area (Å²) >= 11 is 12.4. The minimum absolute atomic E-state index is 0.0451. The van der Waals surface area contributed by atoms with E-state index in [2.05, 4.69) is 5.32 Å². The van der Waals surface area contributed by atoms with Crippen molar-refractivity contribution in [1.82, 2.24) is 5.32 Å². The summed E-state index contributed by atoms with van der Waals surface area (Å²) in [5, 5.41) is 3.50. The molecule has 3 aromatic rings. The molecule has 0 saturated carbocycles. The summed E-state index contributed by atoms with van der Waals surface area (Å²) < 4.78 is 31.5. The van der Waals surface area contributed by atoms with E-state index in [0.717, 1.165) is 29.6 Å². The number of anilines is 1. The van der Waals surface area contributed by atoms with E-state index < -0.39 is 10.0 Å². The number of ether oxygens (including phenoxy) is 1. The number of sulfonamides is 1. The average molecular weight is 535 g/mol. The van der Waals surface area contributed by atoms with Gasteiger partial charge in [-0.3, -0.25) is 9.10 Å². The molecule has 0 radical (unpaired) electrons. The van der Waals surface area contributed by atoms with E-state index in [9.17, 15) is 13.2 Å². The molecule has 3 aromatic carbocycles. The predicted molar refractivity (Wildman–Crippen MR) is 142 cm³/mol. The maximum atomic E-state index is 12.9. The molecule has 0 aliphatic heterocycles. The first kappa shape index (κ1) is 26.9. The van der Waals surface area contributed by atoms with Gasteiger partial charge in [-0.05, 0) is 60.4 Å². The van der Waals surface area contributed by atoms with Crippen molar-refractivity contribution < 1.29 is 17.9 Å². The standard InChI is InChI=1S/C26H28Cl2N2O4S/c1-5-22(20-13-14-24(34-3)17(2)15-20)29-26(31)19-11-9-18(10-12-19)16-30(35(4,32)33)23-8-6-7-21(27)25(23)28/h6-15,22H,5,16H2,1-4H3,(H,29,31)/t22-/m1/s1. The van der Waals surface area contributed by atoms with Gasteiger partial charge in [0.1, 0.15) is 5.75 Å². The number of carbonyl (C=O) groups excluding carboxylic acids is 1. The highest BCUT2D eigenvalue weighted by atomic mass is 35.5. The van der Waals surface area contributed by atoms with Crippen molar-refractivity contribution in [1.29, 1.82) is 0 Å². The van der Waals surface area contributed by atoms with Crippen molar-refractivity contribution >= 4 is 44.8 Å². The molecule has 6 nitrogen and oxygen atoms in total. The fraction of sp³-hybridized carbons (Fsp3) is 0.269. The first-order valence-electron chi connectivity index (χ1n) is 11.0. The van der Waals surface area contributed by atoms with E-state index in [1.165, 1.54) is 4.31 Å². The van der Waals surface area contributed by atoms with Crippen LogP contribution in [-0.4, -0.2) is 27.7 Å². The third-order valence-corrected chi connectivity index (χ3v) is 7.61. The third kappa shape index (κ3) is 6.48. The predicted octanol–water partition coefficient (Wildman–Crippen LogP) is 6.16. The van der Waals surface area contributed by atoms with Crippen LogP contribution in [0.5, 0.6) is 5.75 Å². The zero-order valence-electron chi connectivity index (χ0n) is 20.0. The van der Waals surface area contributed by atoms with Crippen molar-refractivity contribution in [3.63, 3.8) is 0 Å². The van der Waals surface area contributed by atoms with E-state index >= 15 is 0 Å². The molecule has 35 heavy (non-hydrogen) atoms. The average Bonchev–Trinajstić information content (AvgIpc) is 2.82. The van der Waals surface area contributed by atoms with Crippen molar-refractivity contribution in [2.75, 3.05) is 17.7 Å². The highest BCUT2D eigenvalue weighted by molar-refractivity contribution is 7.92. The summed E-state index contributed by atoms with van der Waals surface area (Å²) in [7, 11) is -2.01. The molecule has 3 rings (SSSR count). The summed E-state index contributed by atoms with van der Waals surface area (Å²) in [4.78, 5) is 12.9. The molecule has 1 atom stereocenters. The summed E-state index contributed by atoms with van der Waals surface area (Å²) in [5.74, 6) is 0.586. The van der Waals surface area contributed by atoms with Crippen molar-refractivity contribution in [2.45, 2.75) is 32.9 Å². The van der Waals surface area contributed by atoms with Gasteiger partial charge in [-0.25, -0.2) is 8.42 Å². The Hall–Kier alpha value is -2.74. The Morgan fingerprint density at radius 1 is 1.09 bits per heavy atom. The van der Waals surface area contributed by atoms with Crippen LogP contribution in [0.25, 0.3) is 0 Å². The van der Waals surface area contributed by atoms with Crippen LogP contribution < -0.4 is 14.4 Å². The van der Waals surface area contributed by atoms with Gasteiger partial charge in [-0.2, -0.15) is 0 Å². The lowest BCUT2D eigenvalue weighted by Crippen LogP contribution is -2.30. The maximum absolute atomic E-state index is 12.9. The van der Waals surface area contributed by atoms with Gasteiger partial charge in [-0.1, -0.05) is 60.5 Å². The first-order valence-corrected chi connectivity index (χ1v) is 13.6. The Kier molecular flexibility index (Phi) is 8.70. The van der Waals surface area contributed by atoms with Crippen molar-refractivity contribution in [2.24, 2.45) is 0 Å². The van der Waals surface area contributed by atoms with E-state index in [1.54, 1.807) is 49.6 Å². The molecule has 0 aromatic heterocycles. The molecule has 1 N–H and O–H groups in total. The Balaban J connectivity index is 1.77. The normalized spacial score (nSPS) is 12.2. The lowest BCUT2D eigenvalue weighted by atomic mass is 10.0. The number of benzene rings is 3. The second-order valence-corrected chi connectivity index (χ2v) is 10.9. The molecule has 0 unspecified atom stereocenters. The van der Waals surface area contributed by atoms with Crippen molar-refractivity contribution in [3.8, 4) is 5.75 Å². The molecule has 0 saturated heterocycles. The topological polar surface area (TPSA) is 75.7 Å². The monoisotopic (exact) mass is 534 g/mol. The van der Waals surface area contributed by atoms with Gasteiger partial charge in [0.25, 0.3) is 5.91 Å². The summed E-state index contributed by atoms with van der Waals surface area (Å²) in [6.45, 7) is 4.02. The highest BCUT2D eigenvalue weighted by Crippen LogP contribution is 2.34. The Morgan fingerprint density at radius 3 is 2.34 bits per heavy atom. The molecule has 0 bridgehead atoms. The van der Waals surface area contributed by atoms with Crippen LogP contribution in [0.3, 0.4) is 0 Å². The summed E-state index contributed by atoms with van der Waals surface area (Å²) in [6.07, 6.45) is 1.83. The number of aryl methyl sites for hydroxylation is 1. The molecule has 0 spiro atoms. The van der Waals surface area contributed by atoms with E-state index in [4.69, 9.17) is 27.9 Å².